The lowest BCUT2D eigenvalue weighted by molar-refractivity contribution is -0.121. The van der Waals surface area contributed by atoms with Crippen molar-refractivity contribution in [1.29, 1.82) is 0 Å². The van der Waals surface area contributed by atoms with Crippen molar-refractivity contribution in [3.8, 4) is 0 Å². The van der Waals surface area contributed by atoms with Crippen molar-refractivity contribution in [2.75, 3.05) is 5.33 Å². The molecular formula is C9H14BrN3O. The van der Waals surface area contributed by atoms with Crippen LogP contribution in [-0.2, 0) is 11.3 Å². The van der Waals surface area contributed by atoms with Crippen LogP contribution in [0.25, 0.3) is 0 Å². The molecule has 0 aromatic carbocycles. The number of carbonyl (C=O) groups excluding carboxylic acids is 1. The molecule has 1 rings (SSSR count). The third-order valence-electron chi connectivity index (χ3n) is 1.82. The molecule has 1 heterocycles. The van der Waals surface area contributed by atoms with E-state index in [2.05, 4.69) is 31.2 Å². The lowest BCUT2D eigenvalue weighted by Crippen LogP contribution is -2.22. The van der Waals surface area contributed by atoms with E-state index in [1.165, 1.54) is 0 Å². The molecule has 4 nitrogen and oxygen atoms in total. The minimum absolute atomic E-state index is 0.0977. The fraction of sp³-hybridized carbons (Fsp3) is 0.556. The van der Waals surface area contributed by atoms with Gasteiger partial charge in [0.2, 0.25) is 5.91 Å². The number of carbonyl (C=O) groups is 1. The van der Waals surface area contributed by atoms with E-state index in [-0.39, 0.29) is 5.91 Å². The number of unbranched alkanes of at least 4 members (excludes halogenated alkanes) is 1. The highest BCUT2D eigenvalue weighted by molar-refractivity contribution is 9.09. The van der Waals surface area contributed by atoms with Crippen molar-refractivity contribution in [2.45, 2.75) is 25.8 Å². The molecule has 0 spiro atoms. The molecule has 0 aliphatic carbocycles. The summed E-state index contributed by atoms with van der Waals surface area (Å²) >= 11 is 3.33. The minimum Gasteiger partial charge on any atom is -0.350 e. The number of hydrogen-bond acceptors (Lipinski definition) is 2. The summed E-state index contributed by atoms with van der Waals surface area (Å²) in [6, 6.07) is 0. The van der Waals surface area contributed by atoms with Crippen molar-refractivity contribution in [2.24, 2.45) is 0 Å². The van der Waals surface area contributed by atoms with Gasteiger partial charge in [0.25, 0.3) is 0 Å². The number of nitrogens with zero attached hydrogens (tertiary/aromatic N) is 1. The van der Waals surface area contributed by atoms with Crippen LogP contribution in [-0.4, -0.2) is 21.2 Å². The molecule has 0 radical (unpaired) electrons. The summed E-state index contributed by atoms with van der Waals surface area (Å²) in [4.78, 5) is 18.0. The summed E-state index contributed by atoms with van der Waals surface area (Å²) in [7, 11) is 0. The maximum Gasteiger partial charge on any atom is 0.220 e. The number of imidazole rings is 1. The Kier molecular flexibility index (Phi) is 5.29. The molecule has 5 heteroatoms. The van der Waals surface area contributed by atoms with Gasteiger partial charge < -0.3 is 10.3 Å². The van der Waals surface area contributed by atoms with Gasteiger partial charge in [0.05, 0.1) is 18.6 Å². The molecule has 0 aliphatic heterocycles. The zero-order chi connectivity index (χ0) is 10.2. The molecule has 78 valence electrons. The van der Waals surface area contributed by atoms with Crippen LogP contribution in [0, 0.1) is 0 Å². The number of aromatic nitrogens is 2. The summed E-state index contributed by atoms with van der Waals surface area (Å²) in [6.45, 7) is 0.535. The summed E-state index contributed by atoms with van der Waals surface area (Å²) in [5.74, 6) is 0.0977. The fourth-order valence-corrected chi connectivity index (χ4v) is 1.44. The summed E-state index contributed by atoms with van der Waals surface area (Å²) in [5.41, 5.74) is 0.929. The van der Waals surface area contributed by atoms with Gasteiger partial charge in [0, 0.05) is 17.9 Å². The Labute approximate surface area is 91.6 Å². The first-order chi connectivity index (χ1) is 6.83. The van der Waals surface area contributed by atoms with Crippen LogP contribution in [0.15, 0.2) is 12.5 Å². The largest absolute Gasteiger partial charge is 0.350 e. The van der Waals surface area contributed by atoms with E-state index in [4.69, 9.17) is 0 Å². The van der Waals surface area contributed by atoms with Crippen molar-refractivity contribution in [3.63, 3.8) is 0 Å². The van der Waals surface area contributed by atoms with Crippen LogP contribution in [0.2, 0.25) is 0 Å². The van der Waals surface area contributed by atoms with E-state index >= 15 is 0 Å². The predicted molar refractivity (Wildman–Crippen MR) is 58.1 cm³/mol. The minimum atomic E-state index is 0.0977. The Morgan fingerprint density at radius 1 is 1.57 bits per heavy atom. The SMILES string of the molecule is O=C(CCCCBr)NCc1cnc[nH]1. The number of H-pyrrole nitrogens is 1. The number of aromatic amines is 1. The Hall–Kier alpha value is -0.840. The van der Waals surface area contributed by atoms with Gasteiger partial charge >= 0.3 is 0 Å². The molecule has 0 saturated carbocycles. The Bertz CT molecular complexity index is 261. The van der Waals surface area contributed by atoms with E-state index in [9.17, 15) is 4.79 Å². The average Bonchev–Trinajstić information content (AvgIpc) is 2.68. The van der Waals surface area contributed by atoms with Gasteiger partial charge in [-0.15, -0.1) is 0 Å². The summed E-state index contributed by atoms with van der Waals surface area (Å²) in [5, 5.41) is 3.78. The molecule has 2 N–H and O–H groups in total. The van der Waals surface area contributed by atoms with Gasteiger partial charge in [-0.25, -0.2) is 4.98 Å². The van der Waals surface area contributed by atoms with Gasteiger partial charge in [-0.1, -0.05) is 15.9 Å². The molecule has 0 fully saturated rings. The molecule has 0 unspecified atom stereocenters. The van der Waals surface area contributed by atoms with Crippen molar-refractivity contribution < 1.29 is 4.79 Å². The van der Waals surface area contributed by atoms with E-state index in [1.807, 2.05) is 0 Å². The first-order valence-corrected chi connectivity index (χ1v) is 5.75. The zero-order valence-corrected chi connectivity index (χ0v) is 9.51. The highest BCUT2D eigenvalue weighted by Crippen LogP contribution is 1.98. The molecule has 0 aliphatic rings. The van der Waals surface area contributed by atoms with Gasteiger partial charge in [-0.3, -0.25) is 4.79 Å². The number of nitrogens with one attached hydrogen (secondary N) is 2. The smallest absolute Gasteiger partial charge is 0.220 e. The number of rotatable bonds is 6. The monoisotopic (exact) mass is 259 g/mol. The molecular weight excluding hydrogens is 246 g/mol. The van der Waals surface area contributed by atoms with Crippen LogP contribution in [0.5, 0.6) is 0 Å². The predicted octanol–water partition coefficient (Wildman–Crippen LogP) is 1.59. The fourth-order valence-electron chi connectivity index (χ4n) is 1.04. The third kappa shape index (κ3) is 4.41. The Balaban J connectivity index is 2.09. The number of hydrogen-bond donors (Lipinski definition) is 2. The van der Waals surface area contributed by atoms with E-state index in [0.717, 1.165) is 23.9 Å². The van der Waals surface area contributed by atoms with Crippen LogP contribution in [0.1, 0.15) is 25.0 Å². The van der Waals surface area contributed by atoms with Gasteiger partial charge in [0.1, 0.15) is 0 Å². The maximum absolute atomic E-state index is 11.3. The van der Waals surface area contributed by atoms with Crippen molar-refractivity contribution in [1.82, 2.24) is 15.3 Å². The highest BCUT2D eigenvalue weighted by atomic mass is 79.9. The second-order valence-electron chi connectivity index (χ2n) is 3.00. The van der Waals surface area contributed by atoms with Crippen molar-refractivity contribution >= 4 is 21.8 Å². The molecule has 0 atom stereocenters. The van der Waals surface area contributed by atoms with Crippen LogP contribution in [0.4, 0.5) is 0 Å². The lowest BCUT2D eigenvalue weighted by Gasteiger charge is -2.02. The highest BCUT2D eigenvalue weighted by Gasteiger charge is 2.00. The molecule has 1 aromatic heterocycles. The second kappa shape index (κ2) is 6.59. The quantitative estimate of drug-likeness (QED) is 0.602. The topological polar surface area (TPSA) is 57.8 Å². The van der Waals surface area contributed by atoms with Gasteiger partial charge in [0.15, 0.2) is 0 Å². The average molecular weight is 260 g/mol. The van der Waals surface area contributed by atoms with Crippen LogP contribution in [0.3, 0.4) is 0 Å². The third-order valence-corrected chi connectivity index (χ3v) is 2.38. The Morgan fingerprint density at radius 2 is 2.43 bits per heavy atom. The molecule has 0 saturated heterocycles. The first-order valence-electron chi connectivity index (χ1n) is 4.63. The number of halogens is 1. The molecule has 14 heavy (non-hydrogen) atoms. The number of alkyl halides is 1. The molecule has 0 bridgehead atoms. The maximum atomic E-state index is 11.3. The van der Waals surface area contributed by atoms with Crippen LogP contribution >= 0.6 is 15.9 Å². The molecule has 1 aromatic rings. The second-order valence-corrected chi connectivity index (χ2v) is 3.79. The van der Waals surface area contributed by atoms with Crippen molar-refractivity contribution in [3.05, 3.63) is 18.2 Å². The first kappa shape index (κ1) is 11.2. The number of amides is 1. The van der Waals surface area contributed by atoms with Gasteiger partial charge in [-0.05, 0) is 12.8 Å². The summed E-state index contributed by atoms with van der Waals surface area (Å²) < 4.78 is 0. The standard InChI is InChI=1S/C9H14BrN3O/c10-4-2-1-3-9(14)12-6-8-5-11-7-13-8/h5,7H,1-4,6H2,(H,11,13)(H,12,14). The van der Waals surface area contributed by atoms with E-state index < -0.39 is 0 Å². The van der Waals surface area contributed by atoms with Crippen LogP contribution < -0.4 is 5.32 Å². The van der Waals surface area contributed by atoms with E-state index in [0.29, 0.717) is 13.0 Å². The molecule has 1 amide bonds. The summed E-state index contributed by atoms with van der Waals surface area (Å²) in [6.07, 6.45) is 5.88. The van der Waals surface area contributed by atoms with E-state index in [1.54, 1.807) is 12.5 Å². The van der Waals surface area contributed by atoms with Gasteiger partial charge in [-0.2, -0.15) is 0 Å². The Morgan fingerprint density at radius 3 is 3.07 bits per heavy atom. The normalized spacial score (nSPS) is 10.1. The zero-order valence-electron chi connectivity index (χ0n) is 7.92. The lowest BCUT2D eigenvalue weighted by atomic mass is 10.2.